The molecule has 33 heavy (non-hydrogen) atoms. The van der Waals surface area contributed by atoms with E-state index in [4.69, 9.17) is 0 Å². The first kappa shape index (κ1) is 22.9. The maximum Gasteiger partial charge on any atom is 0.217 e. The first-order valence-corrected chi connectivity index (χ1v) is 11.3. The average molecular weight is 450 g/mol. The summed E-state index contributed by atoms with van der Waals surface area (Å²) in [5, 5.41) is 17.7. The van der Waals surface area contributed by atoms with E-state index in [2.05, 4.69) is 20.3 Å². The van der Waals surface area contributed by atoms with Crippen molar-refractivity contribution in [3.63, 3.8) is 0 Å². The van der Waals surface area contributed by atoms with Gasteiger partial charge in [0, 0.05) is 43.8 Å². The Bertz CT molecular complexity index is 1170. The van der Waals surface area contributed by atoms with Gasteiger partial charge in [0.25, 0.3) is 0 Å². The molecule has 1 aliphatic rings. The minimum Gasteiger partial charge on any atom is -0.386 e. The van der Waals surface area contributed by atoms with Gasteiger partial charge in [-0.2, -0.15) is 9.61 Å². The number of aromatic nitrogens is 3. The Morgan fingerprint density at radius 3 is 2.42 bits per heavy atom. The van der Waals surface area contributed by atoms with Crippen molar-refractivity contribution < 1.29 is 14.7 Å². The summed E-state index contributed by atoms with van der Waals surface area (Å²) in [6, 6.07) is 11.1. The molecule has 0 saturated carbocycles. The van der Waals surface area contributed by atoms with E-state index < -0.39 is 5.60 Å². The van der Waals surface area contributed by atoms with E-state index in [0.29, 0.717) is 16.9 Å². The highest BCUT2D eigenvalue weighted by molar-refractivity contribution is 5.97. The predicted octanol–water partition coefficient (Wildman–Crippen LogP) is 2.80. The largest absolute Gasteiger partial charge is 0.386 e. The molecule has 0 radical (unpaired) electrons. The number of ketones is 1. The Morgan fingerprint density at radius 2 is 1.82 bits per heavy atom. The molecule has 4 rings (SSSR count). The molecular weight excluding hydrogens is 418 g/mol. The molecule has 3 heterocycles. The number of benzene rings is 1. The van der Waals surface area contributed by atoms with Crippen LogP contribution in [-0.2, 0) is 16.8 Å². The number of aliphatic hydroxyl groups is 1. The van der Waals surface area contributed by atoms with E-state index in [1.165, 1.54) is 0 Å². The predicted molar refractivity (Wildman–Crippen MR) is 126 cm³/mol. The molecule has 2 N–H and O–H groups in total. The summed E-state index contributed by atoms with van der Waals surface area (Å²) in [5.41, 5.74) is 2.68. The number of rotatable bonds is 6. The highest BCUT2D eigenvalue weighted by Gasteiger charge is 2.23. The fourth-order valence-corrected chi connectivity index (χ4v) is 4.31. The highest BCUT2D eigenvalue weighted by Crippen LogP contribution is 2.24. The number of aryl methyl sites for hydroxylation is 1. The Kier molecular flexibility index (Phi) is 6.21. The van der Waals surface area contributed by atoms with E-state index in [0.717, 1.165) is 43.0 Å². The van der Waals surface area contributed by atoms with E-state index in [9.17, 15) is 14.7 Å². The van der Waals surface area contributed by atoms with Crippen molar-refractivity contribution in [3.8, 4) is 0 Å². The van der Waals surface area contributed by atoms with Crippen LogP contribution in [0.3, 0.4) is 0 Å². The number of nitrogens with one attached hydrogen (secondary N) is 1. The van der Waals surface area contributed by atoms with Gasteiger partial charge in [-0.05, 0) is 39.2 Å². The van der Waals surface area contributed by atoms with Crippen molar-refractivity contribution in [2.24, 2.45) is 0 Å². The molecule has 0 spiro atoms. The van der Waals surface area contributed by atoms with Crippen LogP contribution in [-0.4, -0.2) is 50.5 Å². The lowest BCUT2D eigenvalue weighted by Crippen LogP contribution is -2.44. The number of hydrogen-bond acceptors (Lipinski definition) is 6. The third-order valence-electron chi connectivity index (χ3n) is 6.06. The summed E-state index contributed by atoms with van der Waals surface area (Å²) in [4.78, 5) is 31.3. The molecule has 174 valence electrons. The standard InChI is InChI=1S/C25H31N5O3/c1-16-13-23-27-21(14-22(32)18-5-7-19(8-6-18)25(3,4)33)15-24(30(23)28-16)29-11-9-20(10-12-29)26-17(2)31/h5-8,13,15,20,33H,9-12,14H2,1-4H3,(H,26,31). The second kappa shape index (κ2) is 8.94. The number of carbonyl (C=O) groups excluding carboxylic acids is 2. The van der Waals surface area contributed by atoms with Gasteiger partial charge in [-0.25, -0.2) is 4.98 Å². The van der Waals surface area contributed by atoms with Gasteiger partial charge in [-0.3, -0.25) is 9.59 Å². The van der Waals surface area contributed by atoms with Gasteiger partial charge in [0.15, 0.2) is 11.4 Å². The summed E-state index contributed by atoms with van der Waals surface area (Å²) in [7, 11) is 0. The fourth-order valence-electron chi connectivity index (χ4n) is 4.31. The topological polar surface area (TPSA) is 99.8 Å². The quantitative estimate of drug-likeness (QED) is 0.562. The Morgan fingerprint density at radius 1 is 1.15 bits per heavy atom. The maximum atomic E-state index is 13.0. The number of anilines is 1. The molecule has 1 amide bonds. The third-order valence-corrected chi connectivity index (χ3v) is 6.06. The van der Waals surface area contributed by atoms with Gasteiger partial charge in [0.1, 0.15) is 5.82 Å². The minimum atomic E-state index is -0.948. The van der Waals surface area contributed by atoms with Crippen LogP contribution in [0.4, 0.5) is 5.82 Å². The summed E-state index contributed by atoms with van der Waals surface area (Å²) < 4.78 is 1.83. The Labute approximate surface area is 193 Å². The average Bonchev–Trinajstić information content (AvgIpc) is 3.13. The second-order valence-electron chi connectivity index (χ2n) is 9.36. The Hall–Kier alpha value is -3.26. The number of piperidine rings is 1. The van der Waals surface area contributed by atoms with Gasteiger partial charge in [0.2, 0.25) is 5.91 Å². The van der Waals surface area contributed by atoms with Crippen LogP contribution in [0, 0.1) is 6.92 Å². The van der Waals surface area contributed by atoms with Crippen LogP contribution >= 0.6 is 0 Å². The first-order valence-electron chi connectivity index (χ1n) is 11.3. The van der Waals surface area contributed by atoms with E-state index in [1.54, 1.807) is 45.0 Å². The van der Waals surface area contributed by atoms with Crippen molar-refractivity contribution in [2.45, 2.75) is 58.6 Å². The SMILES string of the molecule is CC(=O)NC1CCN(c2cc(CC(=O)c3ccc(C(C)(C)O)cc3)nc3cc(C)nn23)CC1. The maximum absolute atomic E-state index is 13.0. The fraction of sp³-hybridized carbons (Fsp3) is 0.440. The number of hydrogen-bond donors (Lipinski definition) is 2. The molecule has 1 saturated heterocycles. The number of amides is 1. The lowest BCUT2D eigenvalue weighted by Gasteiger charge is -2.33. The van der Waals surface area contributed by atoms with Gasteiger partial charge in [-0.1, -0.05) is 24.3 Å². The number of nitrogens with zero attached hydrogens (tertiary/aromatic N) is 4. The third kappa shape index (κ3) is 5.22. The molecule has 0 unspecified atom stereocenters. The minimum absolute atomic E-state index is 0.00108. The second-order valence-corrected chi connectivity index (χ2v) is 9.36. The van der Waals surface area contributed by atoms with Gasteiger partial charge < -0.3 is 15.3 Å². The summed E-state index contributed by atoms with van der Waals surface area (Å²) in [6.45, 7) is 8.49. The molecule has 0 atom stereocenters. The summed E-state index contributed by atoms with van der Waals surface area (Å²) >= 11 is 0. The molecule has 2 aromatic heterocycles. The van der Waals surface area contributed by atoms with E-state index >= 15 is 0 Å². The first-order chi connectivity index (χ1) is 15.6. The normalized spacial score (nSPS) is 15.1. The van der Waals surface area contributed by atoms with E-state index in [1.807, 2.05) is 23.6 Å². The van der Waals surface area contributed by atoms with Crippen LogP contribution in [0.25, 0.3) is 5.65 Å². The van der Waals surface area contributed by atoms with Gasteiger partial charge >= 0.3 is 0 Å². The van der Waals surface area contributed by atoms with Crippen LogP contribution in [0.5, 0.6) is 0 Å². The zero-order valence-corrected chi connectivity index (χ0v) is 19.6. The molecule has 8 heteroatoms. The van der Waals surface area contributed by atoms with Crippen LogP contribution in [0.15, 0.2) is 36.4 Å². The number of Topliss-reactive ketones (excluding diaryl/α,β-unsaturated/α-hetero) is 1. The lowest BCUT2D eigenvalue weighted by atomic mass is 9.96. The van der Waals surface area contributed by atoms with Crippen LogP contribution < -0.4 is 10.2 Å². The van der Waals surface area contributed by atoms with Crippen LogP contribution in [0.1, 0.15) is 60.9 Å². The molecule has 1 aliphatic heterocycles. The monoisotopic (exact) mass is 449 g/mol. The zero-order chi connectivity index (χ0) is 23.8. The summed E-state index contributed by atoms with van der Waals surface area (Å²) in [5.74, 6) is 0.883. The molecule has 3 aromatic rings. The number of fused-ring (bicyclic) bond motifs is 1. The highest BCUT2D eigenvalue weighted by atomic mass is 16.3. The Balaban J connectivity index is 1.56. The van der Waals surface area contributed by atoms with E-state index in [-0.39, 0.29) is 24.2 Å². The van der Waals surface area contributed by atoms with Crippen LogP contribution in [0.2, 0.25) is 0 Å². The van der Waals surface area contributed by atoms with Gasteiger partial charge in [0.05, 0.1) is 23.4 Å². The van der Waals surface area contributed by atoms with Crippen molar-refractivity contribution in [2.75, 3.05) is 18.0 Å². The van der Waals surface area contributed by atoms with Crippen molar-refractivity contribution in [1.82, 2.24) is 19.9 Å². The molecule has 0 aliphatic carbocycles. The van der Waals surface area contributed by atoms with Crippen molar-refractivity contribution in [3.05, 3.63) is 58.9 Å². The van der Waals surface area contributed by atoms with Gasteiger partial charge in [-0.15, -0.1) is 0 Å². The molecule has 0 bridgehead atoms. The van der Waals surface area contributed by atoms with Crippen molar-refractivity contribution in [1.29, 1.82) is 0 Å². The smallest absolute Gasteiger partial charge is 0.217 e. The summed E-state index contributed by atoms with van der Waals surface area (Å²) in [6.07, 6.45) is 1.88. The molecule has 8 nitrogen and oxygen atoms in total. The number of carbonyl (C=O) groups is 2. The molecule has 1 fully saturated rings. The molecular formula is C25H31N5O3. The lowest BCUT2D eigenvalue weighted by molar-refractivity contribution is -0.119. The zero-order valence-electron chi connectivity index (χ0n) is 19.6. The van der Waals surface area contributed by atoms with Crippen molar-refractivity contribution >= 4 is 23.2 Å². The molecule has 1 aromatic carbocycles.